The van der Waals surface area contributed by atoms with Crippen molar-refractivity contribution >= 4 is 23.5 Å². The van der Waals surface area contributed by atoms with E-state index in [4.69, 9.17) is 21.3 Å². The second kappa shape index (κ2) is 12.6. The van der Waals surface area contributed by atoms with Gasteiger partial charge in [0.05, 0.1) is 17.3 Å². The third kappa shape index (κ3) is 5.70. The summed E-state index contributed by atoms with van der Waals surface area (Å²) in [7, 11) is 2.18. The van der Waals surface area contributed by atoms with Gasteiger partial charge >= 0.3 is 5.97 Å². The van der Waals surface area contributed by atoms with Crippen LogP contribution in [0.15, 0.2) is 54.6 Å². The van der Waals surface area contributed by atoms with Gasteiger partial charge in [-0.15, -0.1) is 0 Å². The number of ether oxygens (including phenoxy) is 1. The molecule has 1 amide bonds. The number of carbonyl (C=O) groups is 2. The van der Waals surface area contributed by atoms with Crippen molar-refractivity contribution in [1.29, 1.82) is 0 Å². The minimum atomic E-state index is -1.24. The van der Waals surface area contributed by atoms with Crippen LogP contribution in [-0.4, -0.2) is 58.6 Å². The van der Waals surface area contributed by atoms with Crippen LogP contribution in [0.2, 0.25) is 5.02 Å². The molecule has 2 N–H and O–H groups in total. The zero-order valence-corrected chi connectivity index (χ0v) is 27.6. The summed E-state index contributed by atoms with van der Waals surface area (Å²) in [5.74, 6) is 0.314. The molecule has 8 heteroatoms. The first kappa shape index (κ1) is 31.2. The molecule has 1 aliphatic heterocycles. The Morgan fingerprint density at radius 3 is 2.43 bits per heavy atom. The van der Waals surface area contributed by atoms with Crippen LogP contribution in [0.1, 0.15) is 73.8 Å². The van der Waals surface area contributed by atoms with Gasteiger partial charge in [0.1, 0.15) is 17.0 Å². The van der Waals surface area contributed by atoms with Crippen LogP contribution >= 0.6 is 11.6 Å². The van der Waals surface area contributed by atoms with Gasteiger partial charge in [-0.05, 0) is 131 Å². The Hall–Kier alpha value is -3.42. The minimum absolute atomic E-state index is 0.0414. The Morgan fingerprint density at radius 1 is 1.00 bits per heavy atom. The quantitative estimate of drug-likeness (QED) is 0.250. The molecule has 4 bridgehead atoms. The number of carbonyl (C=O) groups excluding carboxylic acids is 1. The van der Waals surface area contributed by atoms with E-state index >= 15 is 0 Å². The number of aromatic nitrogens is 1. The van der Waals surface area contributed by atoms with Crippen LogP contribution in [0, 0.1) is 30.6 Å². The molecular weight excluding hydrogens is 598 g/mol. The van der Waals surface area contributed by atoms with E-state index in [1.54, 1.807) is 6.07 Å². The lowest BCUT2D eigenvalue weighted by Crippen LogP contribution is -2.70. The number of amides is 1. The molecular formula is C38H44ClN3O4. The Morgan fingerprint density at radius 2 is 1.74 bits per heavy atom. The summed E-state index contributed by atoms with van der Waals surface area (Å²) in [5.41, 5.74) is 3.36. The van der Waals surface area contributed by atoms with Gasteiger partial charge in [-0.1, -0.05) is 48.4 Å². The Labute approximate surface area is 276 Å². The van der Waals surface area contributed by atoms with E-state index in [-0.39, 0.29) is 17.5 Å². The lowest BCUT2D eigenvalue weighted by atomic mass is 9.48. The fourth-order valence-corrected chi connectivity index (χ4v) is 9.43. The third-order valence-electron chi connectivity index (χ3n) is 11.5. The summed E-state index contributed by atoms with van der Waals surface area (Å²) in [5, 5.41) is 14.2. The number of likely N-dealkylation sites (tertiary alicyclic amines) is 1. The molecule has 1 saturated heterocycles. The number of benzene rings is 2. The standard InChI is InChI=1S/C38H44ClN3O4/c1-23-7-3-4-9-30(23)31-11-13-33(36(43)41-38(37(44)45)27-18-24-17-25(20-27)21-28(38)19-24)40-35(31)26-10-12-32(39)34(22-26)46-16-14-29-8-5-6-15-42(29)2/h3-4,7,9-13,22,24-25,27-29H,5-6,8,14-21H2,1-2H3,(H,41,43)(H,44,45). The number of hydrogen-bond donors (Lipinski definition) is 2. The van der Waals surface area contributed by atoms with Crippen molar-refractivity contribution in [1.82, 2.24) is 15.2 Å². The molecule has 3 aromatic rings. The summed E-state index contributed by atoms with van der Waals surface area (Å²) in [6.07, 6.45) is 9.28. The maximum Gasteiger partial charge on any atom is 0.330 e. The number of halogens is 1. The maximum absolute atomic E-state index is 14.0. The first-order valence-corrected chi connectivity index (χ1v) is 17.4. The lowest BCUT2D eigenvalue weighted by molar-refractivity contribution is -0.163. The number of pyridine rings is 1. The molecule has 8 rings (SSSR count). The molecule has 5 aliphatic rings. The predicted octanol–water partition coefficient (Wildman–Crippen LogP) is 7.64. The predicted molar refractivity (Wildman–Crippen MR) is 180 cm³/mol. The van der Waals surface area contributed by atoms with Crippen LogP contribution in [0.5, 0.6) is 5.75 Å². The van der Waals surface area contributed by atoms with E-state index in [0.29, 0.717) is 41.0 Å². The Kier molecular flexibility index (Phi) is 8.58. The van der Waals surface area contributed by atoms with Gasteiger partial charge in [-0.2, -0.15) is 0 Å². The van der Waals surface area contributed by atoms with Crippen molar-refractivity contribution in [3.8, 4) is 28.1 Å². The van der Waals surface area contributed by atoms with Crippen LogP contribution < -0.4 is 10.1 Å². The van der Waals surface area contributed by atoms with E-state index in [1.807, 2.05) is 36.4 Å². The monoisotopic (exact) mass is 641 g/mol. The largest absolute Gasteiger partial charge is 0.492 e. The summed E-state index contributed by atoms with van der Waals surface area (Å²) in [6.45, 7) is 3.73. The van der Waals surface area contributed by atoms with Crippen molar-refractivity contribution in [2.45, 2.75) is 76.3 Å². The van der Waals surface area contributed by atoms with Crippen LogP contribution in [0.25, 0.3) is 22.4 Å². The zero-order valence-electron chi connectivity index (χ0n) is 26.8. The van der Waals surface area contributed by atoms with Gasteiger partial charge in [-0.25, -0.2) is 9.78 Å². The van der Waals surface area contributed by atoms with Gasteiger partial charge < -0.3 is 20.1 Å². The van der Waals surface area contributed by atoms with E-state index in [2.05, 4.69) is 36.3 Å². The van der Waals surface area contributed by atoms with E-state index in [1.165, 1.54) is 25.7 Å². The molecule has 2 heterocycles. The second-order valence-corrected chi connectivity index (χ2v) is 14.7. The van der Waals surface area contributed by atoms with Crippen LogP contribution in [-0.2, 0) is 4.79 Å². The van der Waals surface area contributed by atoms with E-state index in [9.17, 15) is 14.7 Å². The van der Waals surface area contributed by atoms with Gasteiger partial charge in [0, 0.05) is 17.2 Å². The van der Waals surface area contributed by atoms with Gasteiger partial charge in [0.25, 0.3) is 5.91 Å². The number of nitrogens with one attached hydrogen (secondary N) is 1. The van der Waals surface area contributed by atoms with Crippen LogP contribution in [0.3, 0.4) is 0 Å². The second-order valence-electron chi connectivity index (χ2n) is 14.3. The van der Waals surface area contributed by atoms with E-state index in [0.717, 1.165) is 60.9 Å². The normalized spacial score (nSPS) is 28.6. The molecule has 7 nitrogen and oxygen atoms in total. The van der Waals surface area contributed by atoms with Crippen molar-refractivity contribution in [3.05, 3.63) is 70.9 Å². The average molecular weight is 642 g/mol. The minimum Gasteiger partial charge on any atom is -0.492 e. The summed E-state index contributed by atoms with van der Waals surface area (Å²) in [6, 6.07) is 17.9. The number of aryl methyl sites for hydroxylation is 1. The number of rotatable bonds is 9. The summed E-state index contributed by atoms with van der Waals surface area (Å²) < 4.78 is 6.26. The third-order valence-corrected chi connectivity index (χ3v) is 11.8. The molecule has 4 aliphatic carbocycles. The first-order chi connectivity index (χ1) is 22.2. The fraction of sp³-hybridized carbons (Fsp3) is 0.500. The molecule has 0 spiro atoms. The Balaban J connectivity index is 1.21. The zero-order chi connectivity index (χ0) is 32.0. The molecule has 1 atom stereocenters. The highest BCUT2D eigenvalue weighted by Gasteiger charge is 2.62. The highest BCUT2D eigenvalue weighted by Crippen LogP contribution is 2.58. The number of piperidine rings is 1. The molecule has 242 valence electrons. The smallest absolute Gasteiger partial charge is 0.330 e. The molecule has 1 aromatic heterocycles. The molecule has 0 radical (unpaired) electrons. The van der Waals surface area contributed by atoms with Crippen molar-refractivity contribution in [2.24, 2.45) is 23.7 Å². The number of aliphatic carboxylic acids is 1. The van der Waals surface area contributed by atoms with Crippen molar-refractivity contribution in [2.75, 3.05) is 20.2 Å². The van der Waals surface area contributed by atoms with Crippen molar-refractivity contribution in [3.63, 3.8) is 0 Å². The Bertz CT molecular complexity index is 1610. The molecule has 46 heavy (non-hydrogen) atoms. The molecule has 4 saturated carbocycles. The number of nitrogens with zero attached hydrogens (tertiary/aromatic N) is 2. The highest BCUT2D eigenvalue weighted by molar-refractivity contribution is 6.32. The fourth-order valence-electron chi connectivity index (χ4n) is 9.26. The SMILES string of the molecule is Cc1ccccc1-c1ccc(C(=O)NC2(C(=O)O)C3CC4CC(C3)CC2C4)nc1-c1ccc(Cl)c(OCCC2CCCCN2C)c1. The molecule has 2 aromatic carbocycles. The van der Waals surface area contributed by atoms with Gasteiger partial charge in [-0.3, -0.25) is 4.79 Å². The summed E-state index contributed by atoms with van der Waals surface area (Å²) >= 11 is 6.64. The maximum atomic E-state index is 14.0. The first-order valence-electron chi connectivity index (χ1n) is 17.0. The highest BCUT2D eigenvalue weighted by atomic mass is 35.5. The number of hydrogen-bond acceptors (Lipinski definition) is 5. The molecule has 5 fully saturated rings. The van der Waals surface area contributed by atoms with Crippen LogP contribution in [0.4, 0.5) is 0 Å². The van der Waals surface area contributed by atoms with Crippen molar-refractivity contribution < 1.29 is 19.4 Å². The van der Waals surface area contributed by atoms with Gasteiger partial charge in [0.15, 0.2) is 0 Å². The summed E-state index contributed by atoms with van der Waals surface area (Å²) in [4.78, 5) is 34.3. The number of carboxylic acids is 1. The lowest BCUT2D eigenvalue weighted by Gasteiger charge is -2.59. The average Bonchev–Trinajstić information content (AvgIpc) is 3.04. The number of carboxylic acid groups (broad SMARTS) is 1. The van der Waals surface area contributed by atoms with Gasteiger partial charge in [0.2, 0.25) is 0 Å². The topological polar surface area (TPSA) is 91.8 Å². The van der Waals surface area contributed by atoms with E-state index < -0.39 is 17.4 Å². The molecule has 1 unspecified atom stereocenters.